The van der Waals surface area contributed by atoms with Crippen molar-refractivity contribution in [3.63, 3.8) is 0 Å². The van der Waals surface area contributed by atoms with E-state index in [0.717, 1.165) is 24.6 Å². The van der Waals surface area contributed by atoms with E-state index in [1.54, 1.807) is 36.0 Å². The topological polar surface area (TPSA) is 82.6 Å². The molecule has 0 atom stereocenters. The normalized spacial score (nSPS) is 12.4. The standard InChI is InChI=1S/C16H28N4O2S2.HI/c1-6-18-15(20-12-16(2,3)23-5)19-11-13-7-9-14(10-8-13)24(21,22)17-4;/h7-10,17H,6,11-12H2,1-5H3,(H2,18,19,20);1H. The monoisotopic (exact) mass is 500 g/mol. The zero-order valence-corrected chi connectivity index (χ0v) is 19.4. The number of aliphatic imine (C=N–C) groups is 1. The highest BCUT2D eigenvalue weighted by Crippen LogP contribution is 2.19. The maximum atomic E-state index is 11.7. The van der Waals surface area contributed by atoms with Crippen molar-refractivity contribution in [3.8, 4) is 0 Å². The summed E-state index contributed by atoms with van der Waals surface area (Å²) >= 11 is 1.80. The Morgan fingerprint density at radius 1 is 1.20 bits per heavy atom. The van der Waals surface area contributed by atoms with Gasteiger partial charge >= 0.3 is 0 Å². The van der Waals surface area contributed by atoms with Crippen molar-refractivity contribution in [2.24, 2.45) is 4.99 Å². The lowest BCUT2D eigenvalue weighted by Gasteiger charge is -2.23. The van der Waals surface area contributed by atoms with Crippen LogP contribution in [0.3, 0.4) is 0 Å². The molecule has 0 aliphatic heterocycles. The minimum atomic E-state index is -3.40. The SMILES string of the molecule is CCNC(=NCc1ccc(S(=O)(=O)NC)cc1)NCC(C)(C)SC.I. The highest BCUT2D eigenvalue weighted by atomic mass is 127. The van der Waals surface area contributed by atoms with E-state index < -0.39 is 10.0 Å². The molecule has 0 aliphatic carbocycles. The summed E-state index contributed by atoms with van der Waals surface area (Å²) in [4.78, 5) is 4.81. The molecule has 0 amide bonds. The van der Waals surface area contributed by atoms with Gasteiger partial charge < -0.3 is 10.6 Å². The van der Waals surface area contributed by atoms with Gasteiger partial charge in [-0.3, -0.25) is 0 Å². The molecule has 6 nitrogen and oxygen atoms in total. The summed E-state index contributed by atoms with van der Waals surface area (Å²) in [5.41, 5.74) is 0.950. The van der Waals surface area contributed by atoms with Gasteiger partial charge in [0, 0.05) is 17.8 Å². The molecular formula is C16H29IN4O2S2. The fourth-order valence-electron chi connectivity index (χ4n) is 1.77. The number of hydrogen-bond donors (Lipinski definition) is 3. The van der Waals surface area contributed by atoms with Gasteiger partial charge in [-0.25, -0.2) is 18.1 Å². The maximum Gasteiger partial charge on any atom is 0.240 e. The predicted molar refractivity (Wildman–Crippen MR) is 119 cm³/mol. The minimum absolute atomic E-state index is 0. The van der Waals surface area contributed by atoms with Crippen molar-refractivity contribution in [3.05, 3.63) is 29.8 Å². The lowest BCUT2D eigenvalue weighted by molar-refractivity contribution is 0.588. The van der Waals surface area contributed by atoms with E-state index in [4.69, 9.17) is 0 Å². The quantitative estimate of drug-likeness (QED) is 0.290. The third-order valence-electron chi connectivity index (χ3n) is 3.50. The second-order valence-corrected chi connectivity index (χ2v) is 9.26. The van der Waals surface area contributed by atoms with E-state index in [9.17, 15) is 8.42 Å². The van der Waals surface area contributed by atoms with Crippen LogP contribution in [-0.2, 0) is 16.6 Å². The average molecular weight is 500 g/mol. The number of nitrogens with zero attached hydrogens (tertiary/aromatic N) is 1. The van der Waals surface area contributed by atoms with E-state index in [1.807, 2.05) is 6.92 Å². The first-order chi connectivity index (χ1) is 11.2. The Bertz CT molecular complexity index is 647. The van der Waals surface area contributed by atoms with Crippen LogP contribution in [0.5, 0.6) is 0 Å². The van der Waals surface area contributed by atoms with Gasteiger partial charge in [-0.05, 0) is 51.8 Å². The number of hydrogen-bond acceptors (Lipinski definition) is 4. The lowest BCUT2D eigenvalue weighted by Crippen LogP contribution is -2.43. The highest BCUT2D eigenvalue weighted by molar-refractivity contribution is 14.0. The molecular weight excluding hydrogens is 471 g/mol. The zero-order valence-electron chi connectivity index (χ0n) is 15.4. The van der Waals surface area contributed by atoms with Crippen LogP contribution < -0.4 is 15.4 Å². The summed E-state index contributed by atoms with van der Waals surface area (Å²) in [6.45, 7) is 8.44. The number of rotatable bonds is 8. The van der Waals surface area contributed by atoms with Crippen molar-refractivity contribution in [2.75, 3.05) is 26.4 Å². The van der Waals surface area contributed by atoms with Crippen LogP contribution in [0.1, 0.15) is 26.3 Å². The van der Waals surface area contributed by atoms with Crippen LogP contribution in [0.4, 0.5) is 0 Å². The largest absolute Gasteiger partial charge is 0.357 e. The van der Waals surface area contributed by atoms with E-state index in [1.165, 1.54) is 7.05 Å². The molecule has 0 aromatic heterocycles. The molecule has 0 spiro atoms. The van der Waals surface area contributed by atoms with Gasteiger partial charge in [0.1, 0.15) is 0 Å². The van der Waals surface area contributed by atoms with Crippen LogP contribution in [0.25, 0.3) is 0 Å². The second kappa shape index (κ2) is 11.2. The first-order valence-corrected chi connectivity index (χ1v) is 10.5. The Hall–Kier alpha value is -0.520. The number of thioether (sulfide) groups is 1. The van der Waals surface area contributed by atoms with Crippen molar-refractivity contribution < 1.29 is 8.42 Å². The Kier molecular flexibility index (Phi) is 11.0. The van der Waals surface area contributed by atoms with Crippen molar-refractivity contribution in [1.82, 2.24) is 15.4 Å². The van der Waals surface area contributed by atoms with Gasteiger partial charge in [0.2, 0.25) is 10.0 Å². The predicted octanol–water partition coefficient (Wildman–Crippen LogP) is 2.41. The van der Waals surface area contributed by atoms with Crippen molar-refractivity contribution in [1.29, 1.82) is 0 Å². The summed E-state index contributed by atoms with van der Waals surface area (Å²) in [7, 11) is -1.99. The number of halogens is 1. The van der Waals surface area contributed by atoms with Crippen molar-refractivity contribution in [2.45, 2.75) is 37.0 Å². The number of benzene rings is 1. The summed E-state index contributed by atoms with van der Waals surface area (Å²) in [6.07, 6.45) is 2.09. The Morgan fingerprint density at radius 2 is 1.80 bits per heavy atom. The maximum absolute atomic E-state index is 11.7. The van der Waals surface area contributed by atoms with E-state index in [0.29, 0.717) is 6.54 Å². The van der Waals surface area contributed by atoms with Crippen LogP contribution in [-0.4, -0.2) is 45.5 Å². The van der Waals surface area contributed by atoms with E-state index in [-0.39, 0.29) is 33.6 Å². The summed E-state index contributed by atoms with van der Waals surface area (Å²) in [5.74, 6) is 0.756. The molecule has 0 unspecified atom stereocenters. The van der Waals surface area contributed by atoms with Crippen LogP contribution >= 0.6 is 35.7 Å². The molecule has 0 saturated carbocycles. The summed E-state index contributed by atoms with van der Waals surface area (Å²) in [6, 6.07) is 6.74. The number of nitrogens with one attached hydrogen (secondary N) is 3. The average Bonchev–Trinajstić information content (AvgIpc) is 2.57. The zero-order chi connectivity index (χ0) is 18.2. The van der Waals surface area contributed by atoms with Gasteiger partial charge in [0.15, 0.2) is 5.96 Å². The Labute approximate surface area is 173 Å². The molecule has 0 fully saturated rings. The second-order valence-electron chi connectivity index (χ2n) is 5.86. The lowest BCUT2D eigenvalue weighted by atomic mass is 10.2. The molecule has 0 saturated heterocycles. The van der Waals surface area contributed by atoms with Gasteiger partial charge in [-0.1, -0.05) is 12.1 Å². The third kappa shape index (κ3) is 8.61. The molecule has 0 radical (unpaired) electrons. The molecule has 0 heterocycles. The van der Waals surface area contributed by atoms with Crippen LogP contribution in [0, 0.1) is 0 Å². The molecule has 3 N–H and O–H groups in total. The first-order valence-electron chi connectivity index (χ1n) is 7.84. The van der Waals surface area contributed by atoms with Gasteiger partial charge in [-0.15, -0.1) is 24.0 Å². The minimum Gasteiger partial charge on any atom is -0.357 e. The fourth-order valence-corrected chi connectivity index (χ4v) is 2.72. The number of sulfonamides is 1. The third-order valence-corrected chi connectivity index (χ3v) is 6.18. The molecule has 9 heteroatoms. The smallest absolute Gasteiger partial charge is 0.240 e. The molecule has 25 heavy (non-hydrogen) atoms. The summed E-state index contributed by atoms with van der Waals surface area (Å²) in [5, 5.41) is 6.56. The molecule has 1 aromatic rings. The summed E-state index contributed by atoms with van der Waals surface area (Å²) < 4.78 is 25.8. The highest BCUT2D eigenvalue weighted by Gasteiger charge is 2.16. The van der Waals surface area contributed by atoms with E-state index >= 15 is 0 Å². The molecule has 0 aliphatic rings. The molecule has 1 aromatic carbocycles. The molecule has 144 valence electrons. The fraction of sp³-hybridized carbons (Fsp3) is 0.562. The molecule has 1 rings (SSSR count). The Balaban J connectivity index is 0.00000576. The first kappa shape index (κ1) is 24.5. The van der Waals surface area contributed by atoms with E-state index in [2.05, 4.69) is 40.5 Å². The van der Waals surface area contributed by atoms with Gasteiger partial charge in [0.05, 0.1) is 11.4 Å². The van der Waals surface area contributed by atoms with Crippen molar-refractivity contribution >= 4 is 51.7 Å². The van der Waals surface area contributed by atoms with Gasteiger partial charge in [-0.2, -0.15) is 11.8 Å². The van der Waals surface area contributed by atoms with Crippen LogP contribution in [0.15, 0.2) is 34.2 Å². The van der Waals surface area contributed by atoms with Gasteiger partial charge in [0.25, 0.3) is 0 Å². The molecule has 0 bridgehead atoms. The Morgan fingerprint density at radius 3 is 2.28 bits per heavy atom. The van der Waals surface area contributed by atoms with Crippen LogP contribution in [0.2, 0.25) is 0 Å². The number of guanidine groups is 1.